The zero-order valence-corrected chi connectivity index (χ0v) is 23.4. The minimum absolute atomic E-state index is 0.0470. The Labute approximate surface area is 220 Å². The van der Waals surface area contributed by atoms with Gasteiger partial charge in [-0.25, -0.2) is 9.78 Å². The number of hydrogen-bond acceptors (Lipinski definition) is 7. The van der Waals surface area contributed by atoms with Gasteiger partial charge in [-0.05, 0) is 68.2 Å². The highest BCUT2D eigenvalue weighted by atomic mass is 16.6. The van der Waals surface area contributed by atoms with Gasteiger partial charge in [-0.3, -0.25) is 4.79 Å². The standard InChI is InChI=1S/C28H42N6O3/c1-17(2)18-12-19(27(3,4)5)14-21(13-18)31-24-22(23(29)35)15-30-25(33-24)34-11-9-10-20(16-34)32-26(36)37-28(6,7)8/h12-15,17,20H,9-11,16H2,1-8H3,(H2,29,35)(H,32,36)(H,30,31,33)/t20-/m1/s1. The van der Waals surface area contributed by atoms with Gasteiger partial charge >= 0.3 is 6.09 Å². The van der Waals surface area contributed by atoms with Gasteiger partial charge in [0.25, 0.3) is 5.91 Å². The summed E-state index contributed by atoms with van der Waals surface area (Å²) in [5.74, 6) is 0.565. The Morgan fingerprint density at radius 3 is 2.43 bits per heavy atom. The first-order valence-corrected chi connectivity index (χ1v) is 13.0. The Bertz CT molecular complexity index is 1130. The normalized spacial score (nSPS) is 16.5. The zero-order valence-electron chi connectivity index (χ0n) is 23.4. The molecule has 1 atom stereocenters. The molecule has 1 aliphatic rings. The maximum absolute atomic E-state index is 12.3. The first-order chi connectivity index (χ1) is 17.1. The average Bonchev–Trinajstić information content (AvgIpc) is 2.77. The lowest BCUT2D eigenvalue weighted by Crippen LogP contribution is -2.49. The molecule has 0 spiro atoms. The van der Waals surface area contributed by atoms with Crippen LogP contribution in [-0.2, 0) is 10.2 Å². The minimum atomic E-state index is -0.603. The van der Waals surface area contributed by atoms with Crippen LogP contribution in [-0.4, -0.2) is 46.7 Å². The number of aromatic nitrogens is 2. The number of carbonyl (C=O) groups excluding carboxylic acids is 2. The number of nitrogens with zero attached hydrogens (tertiary/aromatic N) is 3. The molecule has 1 aromatic heterocycles. The summed E-state index contributed by atoms with van der Waals surface area (Å²) in [6.07, 6.45) is 2.72. The molecule has 1 fully saturated rings. The summed E-state index contributed by atoms with van der Waals surface area (Å²) < 4.78 is 5.41. The van der Waals surface area contributed by atoms with Crippen molar-refractivity contribution in [2.75, 3.05) is 23.3 Å². The number of hydrogen-bond donors (Lipinski definition) is 3. The van der Waals surface area contributed by atoms with Crippen LogP contribution < -0.4 is 21.3 Å². The van der Waals surface area contributed by atoms with Crippen LogP contribution in [0.4, 0.5) is 22.2 Å². The third-order valence-electron chi connectivity index (χ3n) is 6.22. The topological polar surface area (TPSA) is 122 Å². The van der Waals surface area contributed by atoms with Crippen molar-refractivity contribution in [3.8, 4) is 0 Å². The van der Waals surface area contributed by atoms with Crippen molar-refractivity contribution < 1.29 is 14.3 Å². The van der Waals surface area contributed by atoms with Crippen LogP contribution in [0.5, 0.6) is 0 Å². The van der Waals surface area contributed by atoms with E-state index in [-0.39, 0.29) is 17.0 Å². The van der Waals surface area contributed by atoms with Crippen molar-refractivity contribution in [1.82, 2.24) is 15.3 Å². The molecule has 0 saturated carbocycles. The highest BCUT2D eigenvalue weighted by Crippen LogP contribution is 2.31. The summed E-state index contributed by atoms with van der Waals surface area (Å²) in [6, 6.07) is 6.28. The van der Waals surface area contributed by atoms with Crippen LogP contribution in [0.1, 0.15) is 95.6 Å². The van der Waals surface area contributed by atoms with Crippen molar-refractivity contribution in [2.45, 2.75) is 91.2 Å². The fraction of sp³-hybridized carbons (Fsp3) is 0.571. The fourth-order valence-electron chi connectivity index (χ4n) is 4.18. The van der Waals surface area contributed by atoms with E-state index in [1.54, 1.807) is 0 Å². The molecule has 2 amide bonds. The maximum Gasteiger partial charge on any atom is 0.407 e. The monoisotopic (exact) mass is 510 g/mol. The van der Waals surface area contributed by atoms with E-state index in [0.29, 0.717) is 24.2 Å². The molecule has 0 bridgehead atoms. The first kappa shape index (κ1) is 28.2. The molecule has 9 nitrogen and oxygen atoms in total. The van der Waals surface area contributed by atoms with E-state index in [4.69, 9.17) is 15.5 Å². The molecule has 3 rings (SSSR count). The van der Waals surface area contributed by atoms with Gasteiger partial charge in [0.05, 0.1) is 0 Å². The van der Waals surface area contributed by atoms with Crippen LogP contribution in [0.3, 0.4) is 0 Å². The van der Waals surface area contributed by atoms with E-state index in [1.165, 1.54) is 17.3 Å². The molecule has 2 heterocycles. The van der Waals surface area contributed by atoms with E-state index >= 15 is 0 Å². The average molecular weight is 511 g/mol. The van der Waals surface area contributed by atoms with Gasteiger partial charge in [0.1, 0.15) is 17.0 Å². The van der Waals surface area contributed by atoms with Crippen molar-refractivity contribution in [3.05, 3.63) is 41.1 Å². The van der Waals surface area contributed by atoms with Crippen molar-refractivity contribution in [1.29, 1.82) is 0 Å². The van der Waals surface area contributed by atoms with E-state index in [2.05, 4.69) is 68.4 Å². The second-order valence-corrected chi connectivity index (χ2v) is 12.1. The molecule has 1 saturated heterocycles. The van der Waals surface area contributed by atoms with Gasteiger partial charge in [-0.15, -0.1) is 0 Å². The largest absolute Gasteiger partial charge is 0.444 e. The number of nitrogens with one attached hydrogen (secondary N) is 2. The molecule has 9 heteroatoms. The number of piperidine rings is 1. The smallest absolute Gasteiger partial charge is 0.407 e. The number of ether oxygens (including phenoxy) is 1. The molecule has 37 heavy (non-hydrogen) atoms. The predicted molar refractivity (Wildman–Crippen MR) is 148 cm³/mol. The quantitative estimate of drug-likeness (QED) is 0.486. The molecule has 2 aromatic rings. The van der Waals surface area contributed by atoms with Gasteiger partial charge in [-0.1, -0.05) is 40.7 Å². The molecular weight excluding hydrogens is 468 g/mol. The fourth-order valence-corrected chi connectivity index (χ4v) is 4.18. The highest BCUT2D eigenvalue weighted by molar-refractivity contribution is 5.98. The van der Waals surface area contributed by atoms with E-state index in [0.717, 1.165) is 25.1 Å². The lowest BCUT2D eigenvalue weighted by molar-refractivity contribution is 0.0499. The molecule has 0 unspecified atom stereocenters. The summed E-state index contributed by atoms with van der Waals surface area (Å²) in [5.41, 5.74) is 8.49. The first-order valence-electron chi connectivity index (χ1n) is 13.0. The number of anilines is 3. The van der Waals surface area contributed by atoms with Gasteiger partial charge < -0.3 is 26.0 Å². The van der Waals surface area contributed by atoms with Crippen LogP contribution in [0.25, 0.3) is 0 Å². The third kappa shape index (κ3) is 7.81. The molecule has 1 aromatic carbocycles. The third-order valence-corrected chi connectivity index (χ3v) is 6.22. The van der Waals surface area contributed by atoms with E-state index in [9.17, 15) is 9.59 Å². The van der Waals surface area contributed by atoms with E-state index in [1.807, 2.05) is 25.7 Å². The Morgan fingerprint density at radius 1 is 1.14 bits per heavy atom. The Balaban J connectivity index is 1.88. The Kier molecular flexibility index (Phi) is 8.35. The highest BCUT2D eigenvalue weighted by Gasteiger charge is 2.26. The van der Waals surface area contributed by atoms with Crippen molar-refractivity contribution in [3.63, 3.8) is 0 Å². The molecule has 202 valence electrons. The SMILES string of the molecule is CC(C)c1cc(Nc2nc(N3CCC[C@@H](NC(=O)OC(C)(C)C)C3)ncc2C(N)=O)cc(C(C)(C)C)c1. The predicted octanol–water partition coefficient (Wildman–Crippen LogP) is 5.23. The number of primary amides is 1. The number of alkyl carbamates (subject to hydrolysis) is 1. The lowest BCUT2D eigenvalue weighted by atomic mass is 9.84. The summed E-state index contributed by atoms with van der Waals surface area (Å²) >= 11 is 0. The van der Waals surface area contributed by atoms with Gasteiger partial charge in [-0.2, -0.15) is 4.98 Å². The molecule has 1 aliphatic heterocycles. The molecule has 0 aliphatic carbocycles. The molecule has 0 radical (unpaired) electrons. The van der Waals surface area contributed by atoms with Gasteiger partial charge in [0.2, 0.25) is 5.95 Å². The Hall–Kier alpha value is -3.36. The second kappa shape index (κ2) is 10.9. The van der Waals surface area contributed by atoms with Crippen molar-refractivity contribution in [2.24, 2.45) is 5.73 Å². The van der Waals surface area contributed by atoms with E-state index < -0.39 is 17.6 Å². The van der Waals surface area contributed by atoms with Crippen LogP contribution in [0.15, 0.2) is 24.4 Å². The lowest BCUT2D eigenvalue weighted by Gasteiger charge is -2.33. The summed E-state index contributed by atoms with van der Waals surface area (Å²) in [6.45, 7) is 17.6. The number of carbonyl (C=O) groups is 2. The van der Waals surface area contributed by atoms with Crippen LogP contribution >= 0.6 is 0 Å². The summed E-state index contributed by atoms with van der Waals surface area (Å²) in [7, 11) is 0. The van der Waals surface area contributed by atoms with Crippen molar-refractivity contribution >= 4 is 29.5 Å². The van der Waals surface area contributed by atoms with Crippen LogP contribution in [0, 0.1) is 0 Å². The summed E-state index contributed by atoms with van der Waals surface area (Å²) in [4.78, 5) is 35.6. The molecule has 4 N–H and O–H groups in total. The maximum atomic E-state index is 12.3. The minimum Gasteiger partial charge on any atom is -0.444 e. The van der Waals surface area contributed by atoms with Gasteiger partial charge in [0, 0.05) is 31.0 Å². The second-order valence-electron chi connectivity index (χ2n) is 12.1. The number of amides is 2. The Morgan fingerprint density at radius 2 is 1.84 bits per heavy atom. The number of rotatable bonds is 6. The zero-order chi connectivity index (χ0) is 27.5. The molecular formula is C28H42N6O3. The number of benzene rings is 1. The number of nitrogens with two attached hydrogens (primary N) is 1. The van der Waals surface area contributed by atoms with Gasteiger partial charge in [0.15, 0.2) is 0 Å². The summed E-state index contributed by atoms with van der Waals surface area (Å²) in [5, 5.41) is 6.29. The van der Waals surface area contributed by atoms with Crippen LogP contribution in [0.2, 0.25) is 0 Å².